The molecule has 0 saturated heterocycles. The Morgan fingerprint density at radius 2 is 2.31 bits per heavy atom. The van der Waals surface area contributed by atoms with Crippen LogP contribution in [0.15, 0.2) is 18.2 Å². The summed E-state index contributed by atoms with van der Waals surface area (Å²) in [6.45, 7) is 4.17. The maximum Gasteiger partial charge on any atom is 0.328 e. The number of hydrogen-bond donors (Lipinski definition) is 1. The van der Waals surface area contributed by atoms with E-state index in [0.717, 1.165) is 24.4 Å². The van der Waals surface area contributed by atoms with Gasteiger partial charge in [-0.05, 0) is 38.2 Å². The lowest BCUT2D eigenvalue weighted by molar-refractivity contribution is -0.131. The van der Waals surface area contributed by atoms with Gasteiger partial charge in [-0.2, -0.15) is 0 Å². The van der Waals surface area contributed by atoms with E-state index in [9.17, 15) is 4.79 Å². The molecule has 1 rings (SSSR count). The molecule has 0 aliphatic heterocycles. The molecule has 1 aromatic rings. The molecule has 0 atom stereocenters. The summed E-state index contributed by atoms with van der Waals surface area (Å²) in [5, 5.41) is 8.51. The van der Waals surface area contributed by atoms with E-state index >= 15 is 0 Å². The zero-order chi connectivity index (χ0) is 12.0. The van der Waals surface area contributed by atoms with Crippen molar-refractivity contribution < 1.29 is 9.90 Å². The van der Waals surface area contributed by atoms with Crippen molar-refractivity contribution in [2.24, 2.45) is 0 Å². The van der Waals surface area contributed by atoms with Crippen molar-refractivity contribution in [2.75, 3.05) is 13.6 Å². The second-order valence-electron chi connectivity index (χ2n) is 3.71. The van der Waals surface area contributed by atoms with Crippen molar-refractivity contribution in [3.8, 4) is 0 Å². The number of thiophene rings is 1. The molecule has 16 heavy (non-hydrogen) atoms. The Morgan fingerprint density at radius 1 is 1.56 bits per heavy atom. The summed E-state index contributed by atoms with van der Waals surface area (Å²) in [6, 6.07) is 4.01. The van der Waals surface area contributed by atoms with Gasteiger partial charge in [0.25, 0.3) is 0 Å². The van der Waals surface area contributed by atoms with Crippen molar-refractivity contribution >= 4 is 23.4 Å². The minimum Gasteiger partial charge on any atom is -0.478 e. The van der Waals surface area contributed by atoms with Crippen molar-refractivity contribution in [3.05, 3.63) is 28.0 Å². The molecule has 0 aliphatic rings. The minimum absolute atomic E-state index is 0.905. The third-order valence-corrected chi connectivity index (χ3v) is 3.14. The SMILES string of the molecule is CCCN(C)Cc1ccc(C=CC(=O)O)s1. The Bertz CT molecular complexity index is 371. The van der Waals surface area contributed by atoms with Crippen LogP contribution in [0.2, 0.25) is 0 Å². The quantitative estimate of drug-likeness (QED) is 0.776. The number of carboxylic acids is 1. The highest BCUT2D eigenvalue weighted by Gasteiger charge is 2.02. The number of hydrogen-bond acceptors (Lipinski definition) is 3. The van der Waals surface area contributed by atoms with Crippen LogP contribution >= 0.6 is 11.3 Å². The number of carboxylic acid groups (broad SMARTS) is 1. The van der Waals surface area contributed by atoms with Gasteiger partial charge in [0.2, 0.25) is 0 Å². The van der Waals surface area contributed by atoms with Crippen molar-refractivity contribution in [1.82, 2.24) is 4.90 Å². The first-order chi connectivity index (χ1) is 7.61. The summed E-state index contributed by atoms with van der Waals surface area (Å²) in [4.78, 5) is 14.9. The highest BCUT2D eigenvalue weighted by molar-refractivity contribution is 7.12. The zero-order valence-electron chi connectivity index (χ0n) is 9.64. The van der Waals surface area contributed by atoms with Crippen molar-refractivity contribution in [1.29, 1.82) is 0 Å². The first-order valence-electron chi connectivity index (χ1n) is 5.30. The molecule has 0 aliphatic carbocycles. The van der Waals surface area contributed by atoms with Crippen LogP contribution in [-0.4, -0.2) is 29.6 Å². The number of aliphatic carboxylic acids is 1. The fraction of sp³-hybridized carbons (Fsp3) is 0.417. The Kier molecular flexibility index (Phi) is 5.22. The van der Waals surface area contributed by atoms with Gasteiger partial charge in [-0.1, -0.05) is 6.92 Å². The predicted octanol–water partition coefficient (Wildman–Crippen LogP) is 2.69. The highest BCUT2D eigenvalue weighted by Crippen LogP contribution is 2.19. The summed E-state index contributed by atoms with van der Waals surface area (Å²) in [5.41, 5.74) is 0. The van der Waals surface area contributed by atoms with E-state index in [1.807, 2.05) is 6.07 Å². The Hall–Kier alpha value is -1.13. The van der Waals surface area contributed by atoms with Gasteiger partial charge in [-0.3, -0.25) is 0 Å². The minimum atomic E-state index is -0.905. The largest absolute Gasteiger partial charge is 0.478 e. The molecule has 0 spiro atoms. The topological polar surface area (TPSA) is 40.5 Å². The van der Waals surface area contributed by atoms with Gasteiger partial charge in [-0.25, -0.2) is 4.79 Å². The molecule has 1 N–H and O–H groups in total. The molecule has 4 heteroatoms. The summed E-state index contributed by atoms with van der Waals surface area (Å²) >= 11 is 1.64. The lowest BCUT2D eigenvalue weighted by Gasteiger charge is -2.13. The fourth-order valence-electron chi connectivity index (χ4n) is 1.45. The van der Waals surface area contributed by atoms with Crippen LogP contribution in [0.3, 0.4) is 0 Å². The van der Waals surface area contributed by atoms with Gasteiger partial charge in [0.1, 0.15) is 0 Å². The Balaban J connectivity index is 2.54. The van der Waals surface area contributed by atoms with Crippen LogP contribution in [-0.2, 0) is 11.3 Å². The Labute approximate surface area is 100 Å². The summed E-state index contributed by atoms with van der Waals surface area (Å²) in [7, 11) is 2.09. The molecule has 0 fully saturated rings. The van der Waals surface area contributed by atoms with Gasteiger partial charge in [0.05, 0.1) is 0 Å². The Morgan fingerprint density at radius 3 is 2.94 bits per heavy atom. The highest BCUT2D eigenvalue weighted by atomic mass is 32.1. The lowest BCUT2D eigenvalue weighted by atomic mass is 10.3. The molecular weight excluding hydrogens is 222 g/mol. The van der Waals surface area contributed by atoms with E-state index in [1.54, 1.807) is 17.4 Å². The maximum absolute atomic E-state index is 10.4. The first-order valence-corrected chi connectivity index (χ1v) is 6.11. The average molecular weight is 239 g/mol. The zero-order valence-corrected chi connectivity index (χ0v) is 10.5. The van der Waals surface area contributed by atoms with Gasteiger partial charge >= 0.3 is 5.97 Å². The first kappa shape index (κ1) is 12.9. The van der Waals surface area contributed by atoms with E-state index in [0.29, 0.717) is 0 Å². The van der Waals surface area contributed by atoms with Crippen molar-refractivity contribution in [2.45, 2.75) is 19.9 Å². The van der Waals surface area contributed by atoms with Gasteiger partial charge in [0.15, 0.2) is 0 Å². The van der Waals surface area contributed by atoms with Gasteiger partial charge in [-0.15, -0.1) is 11.3 Å². The second kappa shape index (κ2) is 6.45. The standard InChI is InChI=1S/C12H17NO2S/c1-3-8-13(2)9-11-5-4-10(16-11)6-7-12(14)15/h4-7H,3,8-9H2,1-2H3,(H,14,15). The van der Waals surface area contributed by atoms with Crippen LogP contribution in [0, 0.1) is 0 Å². The van der Waals surface area contributed by atoms with Crippen LogP contribution in [0.4, 0.5) is 0 Å². The molecule has 0 unspecified atom stereocenters. The molecule has 0 radical (unpaired) electrons. The van der Waals surface area contributed by atoms with E-state index < -0.39 is 5.97 Å². The lowest BCUT2D eigenvalue weighted by Crippen LogP contribution is -2.17. The monoisotopic (exact) mass is 239 g/mol. The molecule has 1 heterocycles. The maximum atomic E-state index is 10.4. The molecular formula is C12H17NO2S. The van der Waals surface area contributed by atoms with E-state index in [-0.39, 0.29) is 0 Å². The van der Waals surface area contributed by atoms with Crippen LogP contribution in [0.25, 0.3) is 6.08 Å². The van der Waals surface area contributed by atoms with Crippen molar-refractivity contribution in [3.63, 3.8) is 0 Å². The molecule has 88 valence electrons. The van der Waals surface area contributed by atoms with E-state index in [2.05, 4.69) is 24.9 Å². The second-order valence-corrected chi connectivity index (χ2v) is 4.91. The van der Waals surface area contributed by atoms with Gasteiger partial charge < -0.3 is 10.0 Å². The molecule has 0 bridgehead atoms. The van der Waals surface area contributed by atoms with Crippen LogP contribution in [0.5, 0.6) is 0 Å². The number of carbonyl (C=O) groups is 1. The molecule has 3 nitrogen and oxygen atoms in total. The van der Waals surface area contributed by atoms with E-state index in [4.69, 9.17) is 5.11 Å². The van der Waals surface area contributed by atoms with E-state index in [1.165, 1.54) is 11.0 Å². The number of nitrogens with zero attached hydrogens (tertiary/aromatic N) is 1. The summed E-state index contributed by atoms with van der Waals surface area (Å²) in [5.74, 6) is -0.905. The number of rotatable bonds is 6. The van der Waals surface area contributed by atoms with Gasteiger partial charge in [0, 0.05) is 22.4 Å². The third-order valence-electron chi connectivity index (χ3n) is 2.10. The third kappa shape index (κ3) is 4.59. The predicted molar refractivity (Wildman–Crippen MR) is 67.6 cm³/mol. The molecule has 1 aromatic heterocycles. The molecule has 0 aromatic carbocycles. The average Bonchev–Trinajstić information content (AvgIpc) is 2.63. The summed E-state index contributed by atoms with van der Waals surface area (Å²) < 4.78 is 0. The fourth-order valence-corrected chi connectivity index (χ4v) is 2.45. The molecule has 0 saturated carbocycles. The normalized spacial score (nSPS) is 11.4. The van der Waals surface area contributed by atoms with Crippen LogP contribution < -0.4 is 0 Å². The smallest absolute Gasteiger partial charge is 0.328 e. The molecule has 0 amide bonds. The van der Waals surface area contributed by atoms with Crippen LogP contribution in [0.1, 0.15) is 23.1 Å². The summed E-state index contributed by atoms with van der Waals surface area (Å²) in [6.07, 6.45) is 3.95.